The Balaban J connectivity index is 1.35. The van der Waals surface area contributed by atoms with Crippen molar-refractivity contribution in [3.63, 3.8) is 0 Å². The fourth-order valence-corrected chi connectivity index (χ4v) is 3.95. The van der Waals surface area contributed by atoms with Crippen LogP contribution in [0.15, 0.2) is 53.8 Å². The molecule has 0 N–H and O–H groups in total. The molecule has 0 saturated carbocycles. The van der Waals surface area contributed by atoms with E-state index in [9.17, 15) is 4.79 Å². The lowest BCUT2D eigenvalue weighted by molar-refractivity contribution is -0.128. The number of hydrogen-bond donors (Lipinski definition) is 0. The van der Waals surface area contributed by atoms with Gasteiger partial charge >= 0.3 is 0 Å². The summed E-state index contributed by atoms with van der Waals surface area (Å²) in [4.78, 5) is 21.1. The molecule has 2 aromatic heterocycles. The quantitative estimate of drug-likeness (QED) is 0.564. The summed E-state index contributed by atoms with van der Waals surface area (Å²) in [6, 6.07) is 13.4. The van der Waals surface area contributed by atoms with E-state index in [2.05, 4.69) is 25.4 Å². The predicted octanol–water partition coefficient (Wildman–Crippen LogP) is 1.51. The fourth-order valence-electron chi connectivity index (χ4n) is 3.17. The van der Waals surface area contributed by atoms with Gasteiger partial charge in [-0.1, -0.05) is 30.0 Å². The van der Waals surface area contributed by atoms with Gasteiger partial charge in [0.05, 0.1) is 12.9 Å². The summed E-state index contributed by atoms with van der Waals surface area (Å²) in [5.41, 5.74) is 0.735. The Labute approximate surface area is 172 Å². The molecule has 29 heavy (non-hydrogen) atoms. The van der Waals surface area contributed by atoms with E-state index in [1.807, 2.05) is 47.4 Å². The standard InChI is InChI=1S/C19H21N7O2S/c1-28-16-7-3-2-6-15(16)26-19(21-22-23-26)29-14-18(27)25-12-10-24(11-13-25)17-8-4-5-9-20-17/h2-9H,10-14H2,1H3. The normalized spacial score (nSPS) is 14.1. The number of piperazine rings is 1. The Morgan fingerprint density at radius 2 is 1.90 bits per heavy atom. The maximum atomic E-state index is 12.7. The van der Waals surface area contributed by atoms with Gasteiger partial charge in [0.25, 0.3) is 0 Å². The number of rotatable bonds is 6. The number of pyridine rings is 1. The van der Waals surface area contributed by atoms with Gasteiger partial charge in [0.2, 0.25) is 11.1 Å². The lowest BCUT2D eigenvalue weighted by Crippen LogP contribution is -2.49. The van der Waals surface area contributed by atoms with Gasteiger partial charge in [0.15, 0.2) is 0 Å². The summed E-state index contributed by atoms with van der Waals surface area (Å²) in [6.07, 6.45) is 1.79. The third-order valence-electron chi connectivity index (χ3n) is 4.68. The van der Waals surface area contributed by atoms with Gasteiger partial charge in [-0.15, -0.1) is 5.10 Å². The second-order valence-corrected chi connectivity index (χ2v) is 7.33. The zero-order chi connectivity index (χ0) is 20.1. The van der Waals surface area contributed by atoms with E-state index in [1.165, 1.54) is 11.8 Å². The monoisotopic (exact) mass is 411 g/mol. The van der Waals surface area contributed by atoms with Crippen LogP contribution in [0.3, 0.4) is 0 Å². The van der Waals surface area contributed by atoms with Crippen LogP contribution in [0.2, 0.25) is 0 Å². The molecule has 3 heterocycles. The Morgan fingerprint density at radius 3 is 2.66 bits per heavy atom. The SMILES string of the molecule is COc1ccccc1-n1nnnc1SCC(=O)N1CCN(c2ccccn2)CC1. The topological polar surface area (TPSA) is 89.3 Å². The molecular weight excluding hydrogens is 390 g/mol. The molecule has 0 aliphatic carbocycles. The first kappa shape index (κ1) is 19.2. The lowest BCUT2D eigenvalue weighted by atomic mass is 10.3. The van der Waals surface area contributed by atoms with Crippen LogP contribution in [0.4, 0.5) is 5.82 Å². The molecule has 1 aliphatic rings. The number of amides is 1. The molecular formula is C19H21N7O2S. The molecule has 0 spiro atoms. The maximum absolute atomic E-state index is 12.7. The second kappa shape index (κ2) is 8.91. The van der Waals surface area contributed by atoms with Gasteiger partial charge in [-0.05, 0) is 34.7 Å². The number of methoxy groups -OCH3 is 1. The third kappa shape index (κ3) is 4.32. The van der Waals surface area contributed by atoms with Crippen LogP contribution in [0.1, 0.15) is 0 Å². The first-order valence-electron chi connectivity index (χ1n) is 9.24. The van der Waals surface area contributed by atoms with Crippen molar-refractivity contribution in [1.82, 2.24) is 30.1 Å². The zero-order valence-corrected chi connectivity index (χ0v) is 16.8. The van der Waals surface area contributed by atoms with Gasteiger partial charge in [-0.2, -0.15) is 4.68 Å². The van der Waals surface area contributed by atoms with E-state index < -0.39 is 0 Å². The number of anilines is 1. The van der Waals surface area contributed by atoms with E-state index in [0.717, 1.165) is 24.6 Å². The Hall–Kier alpha value is -3.14. The highest BCUT2D eigenvalue weighted by molar-refractivity contribution is 7.99. The van der Waals surface area contributed by atoms with Crippen LogP contribution in [0.5, 0.6) is 5.75 Å². The molecule has 1 saturated heterocycles. The van der Waals surface area contributed by atoms with E-state index in [4.69, 9.17) is 4.74 Å². The number of thioether (sulfide) groups is 1. The van der Waals surface area contributed by atoms with Crippen molar-refractivity contribution >= 4 is 23.5 Å². The summed E-state index contributed by atoms with van der Waals surface area (Å²) in [7, 11) is 1.60. The maximum Gasteiger partial charge on any atom is 0.233 e. The molecule has 10 heteroatoms. The predicted molar refractivity (Wildman–Crippen MR) is 109 cm³/mol. The van der Waals surface area contributed by atoms with Crippen molar-refractivity contribution in [2.75, 3.05) is 43.9 Å². The van der Waals surface area contributed by atoms with E-state index >= 15 is 0 Å². The third-order valence-corrected chi connectivity index (χ3v) is 5.59. The molecule has 0 unspecified atom stereocenters. The first-order chi connectivity index (χ1) is 14.3. The van der Waals surface area contributed by atoms with Crippen molar-refractivity contribution in [3.05, 3.63) is 48.7 Å². The molecule has 0 bridgehead atoms. The number of tetrazole rings is 1. The molecule has 9 nitrogen and oxygen atoms in total. The molecule has 3 aromatic rings. The average molecular weight is 411 g/mol. The smallest absolute Gasteiger partial charge is 0.233 e. The number of hydrogen-bond acceptors (Lipinski definition) is 8. The van der Waals surface area contributed by atoms with Crippen LogP contribution in [0, 0.1) is 0 Å². The molecule has 1 amide bonds. The van der Waals surface area contributed by atoms with Crippen molar-refractivity contribution in [2.24, 2.45) is 0 Å². The first-order valence-corrected chi connectivity index (χ1v) is 10.2. The number of nitrogens with zero attached hydrogens (tertiary/aromatic N) is 7. The van der Waals surface area contributed by atoms with E-state index in [-0.39, 0.29) is 11.7 Å². The van der Waals surface area contributed by atoms with Crippen molar-refractivity contribution in [2.45, 2.75) is 5.16 Å². The van der Waals surface area contributed by atoms with Gasteiger partial charge in [-0.3, -0.25) is 4.79 Å². The van der Waals surface area contributed by atoms with Gasteiger partial charge in [0, 0.05) is 32.4 Å². The Morgan fingerprint density at radius 1 is 1.10 bits per heavy atom. The van der Waals surface area contributed by atoms with Gasteiger partial charge in [0.1, 0.15) is 17.3 Å². The average Bonchev–Trinajstić information content (AvgIpc) is 3.26. The van der Waals surface area contributed by atoms with Crippen LogP contribution >= 0.6 is 11.8 Å². The number of ether oxygens (including phenoxy) is 1. The molecule has 0 atom stereocenters. The summed E-state index contributed by atoms with van der Waals surface area (Å²) >= 11 is 1.32. The molecule has 0 radical (unpaired) electrons. The summed E-state index contributed by atoms with van der Waals surface area (Å²) < 4.78 is 6.97. The number of para-hydroxylation sites is 2. The molecule has 1 fully saturated rings. The molecule has 1 aliphatic heterocycles. The van der Waals surface area contributed by atoms with Gasteiger partial charge < -0.3 is 14.5 Å². The van der Waals surface area contributed by atoms with Gasteiger partial charge in [-0.25, -0.2) is 4.98 Å². The molecule has 1 aromatic carbocycles. The number of carbonyl (C=O) groups is 1. The number of aromatic nitrogens is 5. The minimum atomic E-state index is 0.0743. The highest BCUT2D eigenvalue weighted by atomic mass is 32.2. The fraction of sp³-hybridized carbons (Fsp3) is 0.316. The van der Waals surface area contributed by atoms with Crippen LogP contribution in [-0.2, 0) is 4.79 Å². The molecule has 4 rings (SSSR count). The van der Waals surface area contributed by atoms with Crippen molar-refractivity contribution in [3.8, 4) is 11.4 Å². The summed E-state index contributed by atoms with van der Waals surface area (Å²) in [5.74, 6) is 1.97. The van der Waals surface area contributed by atoms with Crippen molar-refractivity contribution in [1.29, 1.82) is 0 Å². The van der Waals surface area contributed by atoms with Crippen LogP contribution in [0.25, 0.3) is 5.69 Å². The van der Waals surface area contributed by atoms with E-state index in [0.29, 0.717) is 24.0 Å². The van der Waals surface area contributed by atoms with Crippen molar-refractivity contribution < 1.29 is 9.53 Å². The number of benzene rings is 1. The molecule has 150 valence electrons. The minimum Gasteiger partial charge on any atom is -0.494 e. The van der Waals surface area contributed by atoms with Crippen LogP contribution in [-0.4, -0.2) is 75.0 Å². The largest absolute Gasteiger partial charge is 0.494 e. The Kier molecular flexibility index (Phi) is 5.89. The highest BCUT2D eigenvalue weighted by Crippen LogP contribution is 2.25. The Bertz CT molecular complexity index is 958. The lowest BCUT2D eigenvalue weighted by Gasteiger charge is -2.35. The zero-order valence-electron chi connectivity index (χ0n) is 16.0. The second-order valence-electron chi connectivity index (χ2n) is 6.39. The minimum absolute atomic E-state index is 0.0743. The van der Waals surface area contributed by atoms with Crippen LogP contribution < -0.4 is 9.64 Å². The van der Waals surface area contributed by atoms with E-state index in [1.54, 1.807) is 18.0 Å². The summed E-state index contributed by atoms with van der Waals surface area (Å²) in [5, 5.41) is 12.4. The highest BCUT2D eigenvalue weighted by Gasteiger charge is 2.23. The summed E-state index contributed by atoms with van der Waals surface area (Å²) in [6.45, 7) is 2.89. The number of carbonyl (C=O) groups excluding carboxylic acids is 1.